The van der Waals surface area contributed by atoms with Crippen molar-refractivity contribution < 1.29 is 9.59 Å². The number of amides is 2. The molecule has 4 nitrogen and oxygen atoms in total. The van der Waals surface area contributed by atoms with Gasteiger partial charge in [0.1, 0.15) is 12.1 Å². The van der Waals surface area contributed by atoms with Crippen LogP contribution in [0.1, 0.15) is 19.4 Å². The van der Waals surface area contributed by atoms with E-state index in [-0.39, 0.29) is 11.8 Å². The quantitative estimate of drug-likeness (QED) is 0.845. The second-order valence-corrected chi connectivity index (χ2v) is 5.00. The van der Waals surface area contributed by atoms with Crippen molar-refractivity contribution in [1.82, 2.24) is 10.2 Å². The molecule has 1 aliphatic rings. The fraction of sp³-hybridized carbons (Fsp3) is 0.375. The third kappa shape index (κ3) is 3.07. The van der Waals surface area contributed by atoms with Gasteiger partial charge in [0.25, 0.3) is 0 Å². The summed E-state index contributed by atoms with van der Waals surface area (Å²) in [7, 11) is 0. The van der Waals surface area contributed by atoms with Gasteiger partial charge in [0, 0.05) is 13.0 Å². The standard InChI is InChI=1S/C16H20N2O2/c1-3-4-10-18-14(11-13-8-6-5-7-9-13)15(19)17-12(2)16(18)20/h3-9,12,14H,10-11H2,1-2H3,(H,17,19)/b4-3+. The largest absolute Gasteiger partial charge is 0.343 e. The van der Waals surface area contributed by atoms with Crippen LogP contribution in [0, 0.1) is 0 Å². The van der Waals surface area contributed by atoms with E-state index < -0.39 is 12.1 Å². The molecule has 20 heavy (non-hydrogen) atoms. The Labute approximate surface area is 119 Å². The van der Waals surface area contributed by atoms with Crippen LogP contribution >= 0.6 is 0 Å². The summed E-state index contributed by atoms with van der Waals surface area (Å²) < 4.78 is 0. The van der Waals surface area contributed by atoms with E-state index in [1.807, 2.05) is 49.4 Å². The zero-order chi connectivity index (χ0) is 14.5. The Bertz CT molecular complexity index is 510. The molecule has 0 aromatic heterocycles. The number of carbonyl (C=O) groups is 2. The third-order valence-corrected chi connectivity index (χ3v) is 3.50. The topological polar surface area (TPSA) is 49.4 Å². The summed E-state index contributed by atoms with van der Waals surface area (Å²) in [6.07, 6.45) is 4.34. The van der Waals surface area contributed by atoms with Crippen molar-refractivity contribution in [1.29, 1.82) is 0 Å². The summed E-state index contributed by atoms with van der Waals surface area (Å²) in [5, 5.41) is 2.75. The molecule has 2 atom stereocenters. The number of rotatable bonds is 4. The first-order valence-electron chi connectivity index (χ1n) is 6.89. The zero-order valence-electron chi connectivity index (χ0n) is 11.9. The number of allylic oxidation sites excluding steroid dienone is 1. The number of benzene rings is 1. The Morgan fingerprint density at radius 1 is 1.25 bits per heavy atom. The first kappa shape index (κ1) is 14.3. The van der Waals surface area contributed by atoms with Crippen molar-refractivity contribution in [2.45, 2.75) is 32.4 Å². The number of hydrogen-bond donors (Lipinski definition) is 1. The first-order chi connectivity index (χ1) is 9.63. The summed E-state index contributed by atoms with van der Waals surface area (Å²) in [5.74, 6) is -0.103. The van der Waals surface area contributed by atoms with Crippen LogP contribution in [0.4, 0.5) is 0 Å². The number of piperazine rings is 1. The second-order valence-electron chi connectivity index (χ2n) is 5.00. The molecule has 1 saturated heterocycles. The van der Waals surface area contributed by atoms with Crippen molar-refractivity contribution in [3.05, 3.63) is 48.0 Å². The first-order valence-corrected chi connectivity index (χ1v) is 6.89. The van der Waals surface area contributed by atoms with Crippen LogP contribution in [-0.4, -0.2) is 35.3 Å². The molecule has 1 aliphatic heterocycles. The second kappa shape index (κ2) is 6.37. The Balaban J connectivity index is 2.21. The summed E-state index contributed by atoms with van der Waals surface area (Å²) in [4.78, 5) is 26.1. The van der Waals surface area contributed by atoms with Crippen LogP contribution in [0.25, 0.3) is 0 Å². The van der Waals surface area contributed by atoms with E-state index in [2.05, 4.69) is 5.32 Å². The van der Waals surface area contributed by atoms with Gasteiger partial charge in [-0.2, -0.15) is 0 Å². The van der Waals surface area contributed by atoms with Gasteiger partial charge in [-0.1, -0.05) is 42.5 Å². The summed E-state index contributed by atoms with van der Waals surface area (Å²) >= 11 is 0. The highest BCUT2D eigenvalue weighted by molar-refractivity contribution is 5.97. The normalized spacial score (nSPS) is 23.2. The van der Waals surface area contributed by atoms with E-state index in [0.29, 0.717) is 13.0 Å². The minimum absolute atomic E-state index is 0.0244. The molecule has 0 spiro atoms. The molecule has 2 unspecified atom stereocenters. The van der Waals surface area contributed by atoms with Crippen molar-refractivity contribution in [3.63, 3.8) is 0 Å². The average molecular weight is 272 g/mol. The zero-order valence-corrected chi connectivity index (χ0v) is 11.9. The molecule has 106 valence electrons. The summed E-state index contributed by atoms with van der Waals surface area (Å²) in [5.41, 5.74) is 1.06. The molecular formula is C16H20N2O2. The van der Waals surface area contributed by atoms with E-state index in [1.54, 1.807) is 11.8 Å². The molecule has 0 radical (unpaired) electrons. The maximum atomic E-state index is 12.3. The Morgan fingerprint density at radius 3 is 2.60 bits per heavy atom. The van der Waals surface area contributed by atoms with Crippen molar-refractivity contribution in [2.75, 3.05) is 6.54 Å². The third-order valence-electron chi connectivity index (χ3n) is 3.50. The number of nitrogens with zero attached hydrogens (tertiary/aromatic N) is 1. The molecule has 1 fully saturated rings. The molecule has 2 rings (SSSR count). The predicted octanol–water partition coefficient (Wildman–Crippen LogP) is 1.52. The molecule has 0 saturated carbocycles. The molecular weight excluding hydrogens is 252 g/mol. The SMILES string of the molecule is C/C=C/CN1C(=O)C(C)NC(=O)C1Cc1ccccc1. The lowest BCUT2D eigenvalue weighted by Gasteiger charge is -2.37. The van der Waals surface area contributed by atoms with E-state index in [9.17, 15) is 9.59 Å². The van der Waals surface area contributed by atoms with Crippen molar-refractivity contribution in [3.8, 4) is 0 Å². The van der Waals surface area contributed by atoms with E-state index in [1.165, 1.54) is 0 Å². The van der Waals surface area contributed by atoms with Gasteiger partial charge in [0.05, 0.1) is 0 Å². The van der Waals surface area contributed by atoms with Gasteiger partial charge in [-0.3, -0.25) is 9.59 Å². The minimum Gasteiger partial charge on any atom is -0.343 e. The van der Waals surface area contributed by atoms with E-state index >= 15 is 0 Å². The van der Waals surface area contributed by atoms with Crippen LogP contribution in [0.5, 0.6) is 0 Å². The monoisotopic (exact) mass is 272 g/mol. The van der Waals surface area contributed by atoms with Crippen LogP contribution in [0.15, 0.2) is 42.5 Å². The van der Waals surface area contributed by atoms with Crippen LogP contribution < -0.4 is 5.32 Å². The molecule has 0 bridgehead atoms. The maximum Gasteiger partial charge on any atom is 0.245 e. The molecule has 1 aromatic rings. The van der Waals surface area contributed by atoms with Gasteiger partial charge in [-0.25, -0.2) is 0 Å². The smallest absolute Gasteiger partial charge is 0.245 e. The minimum atomic E-state index is -0.445. The van der Waals surface area contributed by atoms with Crippen LogP contribution in [-0.2, 0) is 16.0 Å². The van der Waals surface area contributed by atoms with E-state index in [0.717, 1.165) is 5.56 Å². The highest BCUT2D eigenvalue weighted by atomic mass is 16.2. The predicted molar refractivity (Wildman–Crippen MR) is 78.1 cm³/mol. The number of hydrogen-bond acceptors (Lipinski definition) is 2. The Hall–Kier alpha value is -2.10. The Morgan fingerprint density at radius 2 is 1.95 bits per heavy atom. The van der Waals surface area contributed by atoms with Crippen molar-refractivity contribution in [2.24, 2.45) is 0 Å². The maximum absolute atomic E-state index is 12.3. The highest BCUT2D eigenvalue weighted by Crippen LogP contribution is 2.15. The molecule has 1 aromatic carbocycles. The fourth-order valence-electron chi connectivity index (χ4n) is 2.39. The molecule has 0 aliphatic carbocycles. The lowest BCUT2D eigenvalue weighted by molar-refractivity contribution is -0.148. The van der Waals surface area contributed by atoms with Gasteiger partial charge in [0.2, 0.25) is 11.8 Å². The average Bonchev–Trinajstić information content (AvgIpc) is 2.45. The molecule has 1 N–H and O–H groups in total. The van der Waals surface area contributed by atoms with Gasteiger partial charge in [-0.15, -0.1) is 0 Å². The van der Waals surface area contributed by atoms with Gasteiger partial charge in [0.15, 0.2) is 0 Å². The molecule has 2 amide bonds. The van der Waals surface area contributed by atoms with E-state index in [4.69, 9.17) is 0 Å². The lowest BCUT2D eigenvalue weighted by Crippen LogP contribution is -2.63. The van der Waals surface area contributed by atoms with Crippen LogP contribution in [0.2, 0.25) is 0 Å². The van der Waals surface area contributed by atoms with Gasteiger partial charge in [-0.05, 0) is 19.4 Å². The highest BCUT2D eigenvalue weighted by Gasteiger charge is 2.37. The van der Waals surface area contributed by atoms with Gasteiger partial charge >= 0.3 is 0 Å². The number of nitrogens with one attached hydrogen (secondary N) is 1. The summed E-state index contributed by atoms with van der Waals surface area (Å²) in [6, 6.07) is 8.90. The summed E-state index contributed by atoms with van der Waals surface area (Å²) in [6.45, 7) is 4.11. The molecule has 1 heterocycles. The molecule has 4 heteroatoms. The fourth-order valence-corrected chi connectivity index (χ4v) is 2.39. The Kier molecular flexibility index (Phi) is 4.56. The van der Waals surface area contributed by atoms with Gasteiger partial charge < -0.3 is 10.2 Å². The number of carbonyl (C=O) groups excluding carboxylic acids is 2. The lowest BCUT2D eigenvalue weighted by atomic mass is 10.00. The van der Waals surface area contributed by atoms with Crippen LogP contribution in [0.3, 0.4) is 0 Å². The van der Waals surface area contributed by atoms with Crippen molar-refractivity contribution >= 4 is 11.8 Å².